The number of carbonyl (C=O) groups excluding carboxylic acids is 1. The first-order valence-electron chi connectivity index (χ1n) is 6.81. The molecular formula is C16H16BrNO2. The van der Waals surface area contributed by atoms with Crippen LogP contribution in [0.3, 0.4) is 0 Å². The van der Waals surface area contributed by atoms with Crippen LogP contribution in [0.25, 0.3) is 10.8 Å². The predicted molar refractivity (Wildman–Crippen MR) is 83.0 cm³/mol. The fourth-order valence-electron chi connectivity index (χ4n) is 2.59. The average molecular weight is 334 g/mol. The highest BCUT2D eigenvalue weighted by atomic mass is 79.9. The molecule has 3 rings (SSSR count). The Morgan fingerprint density at radius 2 is 1.85 bits per heavy atom. The molecule has 0 atom stereocenters. The van der Waals surface area contributed by atoms with Gasteiger partial charge in [-0.05, 0) is 30.4 Å². The van der Waals surface area contributed by atoms with Gasteiger partial charge >= 0.3 is 0 Å². The highest BCUT2D eigenvalue weighted by molar-refractivity contribution is 9.10. The van der Waals surface area contributed by atoms with E-state index in [1.54, 1.807) is 0 Å². The van der Waals surface area contributed by atoms with E-state index in [0.29, 0.717) is 0 Å². The summed E-state index contributed by atoms with van der Waals surface area (Å²) in [6.07, 6.45) is 1.77. The van der Waals surface area contributed by atoms with Gasteiger partial charge in [-0.25, -0.2) is 0 Å². The zero-order valence-electron chi connectivity index (χ0n) is 11.1. The van der Waals surface area contributed by atoms with Gasteiger partial charge in [0.2, 0.25) is 0 Å². The summed E-state index contributed by atoms with van der Waals surface area (Å²) in [4.78, 5) is 12.5. The zero-order valence-corrected chi connectivity index (χ0v) is 12.7. The molecule has 1 N–H and O–H groups in total. The van der Waals surface area contributed by atoms with Gasteiger partial charge in [0.15, 0.2) is 0 Å². The largest absolute Gasteiger partial charge is 0.381 e. The molecular weight excluding hydrogens is 318 g/mol. The number of carbonyl (C=O) groups is 1. The molecule has 0 radical (unpaired) electrons. The molecule has 0 aromatic heterocycles. The molecule has 20 heavy (non-hydrogen) atoms. The molecule has 1 amide bonds. The van der Waals surface area contributed by atoms with E-state index in [1.807, 2.05) is 36.4 Å². The SMILES string of the molecule is O=C(NC1CCOCC1)c1cccc2cccc(Br)c12. The van der Waals surface area contributed by atoms with Crippen molar-refractivity contribution >= 4 is 32.6 Å². The third-order valence-corrected chi connectivity index (χ3v) is 4.32. The van der Waals surface area contributed by atoms with Gasteiger partial charge in [-0.1, -0.05) is 40.2 Å². The van der Waals surface area contributed by atoms with Crippen molar-refractivity contribution in [3.05, 3.63) is 46.4 Å². The average Bonchev–Trinajstić information content (AvgIpc) is 2.48. The van der Waals surface area contributed by atoms with Gasteiger partial charge in [0, 0.05) is 34.7 Å². The lowest BCUT2D eigenvalue weighted by atomic mass is 10.0. The number of nitrogens with one attached hydrogen (secondary N) is 1. The van der Waals surface area contributed by atoms with Crippen molar-refractivity contribution in [2.45, 2.75) is 18.9 Å². The number of fused-ring (bicyclic) bond motifs is 1. The summed E-state index contributed by atoms with van der Waals surface area (Å²) in [5.74, 6) is -0.00519. The standard InChI is InChI=1S/C16H16BrNO2/c17-14-6-2-4-11-3-1-5-13(15(11)14)16(19)18-12-7-9-20-10-8-12/h1-6,12H,7-10H2,(H,18,19). The van der Waals surface area contributed by atoms with E-state index in [0.717, 1.165) is 46.9 Å². The third kappa shape index (κ3) is 2.72. The summed E-state index contributed by atoms with van der Waals surface area (Å²) in [7, 11) is 0. The molecule has 2 aromatic carbocycles. The van der Waals surface area contributed by atoms with Crippen molar-refractivity contribution in [2.24, 2.45) is 0 Å². The van der Waals surface area contributed by atoms with Crippen LogP contribution in [-0.4, -0.2) is 25.2 Å². The second-order valence-electron chi connectivity index (χ2n) is 5.00. The van der Waals surface area contributed by atoms with Crippen LogP contribution < -0.4 is 5.32 Å². The minimum absolute atomic E-state index is 0.00519. The van der Waals surface area contributed by atoms with Crippen molar-refractivity contribution in [3.8, 4) is 0 Å². The van der Waals surface area contributed by atoms with E-state index >= 15 is 0 Å². The first-order chi connectivity index (χ1) is 9.75. The molecule has 1 aliphatic rings. The van der Waals surface area contributed by atoms with Gasteiger partial charge in [0.1, 0.15) is 0 Å². The fourth-order valence-corrected chi connectivity index (χ4v) is 3.18. The highest BCUT2D eigenvalue weighted by Gasteiger charge is 2.18. The van der Waals surface area contributed by atoms with Gasteiger partial charge < -0.3 is 10.1 Å². The van der Waals surface area contributed by atoms with Crippen molar-refractivity contribution in [2.75, 3.05) is 13.2 Å². The lowest BCUT2D eigenvalue weighted by molar-refractivity contribution is 0.0697. The number of rotatable bonds is 2. The molecule has 0 saturated carbocycles. The second kappa shape index (κ2) is 5.94. The van der Waals surface area contributed by atoms with Crippen LogP contribution in [0.15, 0.2) is 40.9 Å². The van der Waals surface area contributed by atoms with Gasteiger partial charge in [0.25, 0.3) is 5.91 Å². The summed E-state index contributed by atoms with van der Waals surface area (Å²) < 4.78 is 6.27. The van der Waals surface area contributed by atoms with Crippen molar-refractivity contribution < 1.29 is 9.53 Å². The molecule has 1 saturated heterocycles. The number of hydrogen-bond acceptors (Lipinski definition) is 2. The molecule has 2 aromatic rings. The molecule has 1 aliphatic heterocycles. The maximum Gasteiger partial charge on any atom is 0.252 e. The minimum atomic E-state index is -0.00519. The summed E-state index contributed by atoms with van der Waals surface area (Å²) in [6.45, 7) is 1.45. The van der Waals surface area contributed by atoms with E-state index in [9.17, 15) is 4.79 Å². The normalized spacial score (nSPS) is 16.2. The van der Waals surface area contributed by atoms with Crippen LogP contribution in [0.2, 0.25) is 0 Å². The molecule has 104 valence electrons. The van der Waals surface area contributed by atoms with Gasteiger partial charge in [-0.2, -0.15) is 0 Å². The predicted octanol–water partition coefficient (Wildman–Crippen LogP) is 3.51. The second-order valence-corrected chi connectivity index (χ2v) is 5.86. The molecule has 0 bridgehead atoms. The number of halogens is 1. The molecule has 0 aliphatic carbocycles. The Kier molecular flexibility index (Phi) is 4.03. The Morgan fingerprint density at radius 3 is 2.60 bits per heavy atom. The summed E-state index contributed by atoms with van der Waals surface area (Å²) in [5.41, 5.74) is 0.724. The molecule has 3 nitrogen and oxygen atoms in total. The topological polar surface area (TPSA) is 38.3 Å². The molecule has 1 fully saturated rings. The Bertz CT molecular complexity index is 630. The fraction of sp³-hybridized carbons (Fsp3) is 0.312. The van der Waals surface area contributed by atoms with E-state index in [-0.39, 0.29) is 11.9 Å². The Balaban J connectivity index is 1.91. The van der Waals surface area contributed by atoms with E-state index in [2.05, 4.69) is 21.2 Å². The van der Waals surface area contributed by atoms with Crippen LogP contribution in [0.1, 0.15) is 23.2 Å². The van der Waals surface area contributed by atoms with Crippen molar-refractivity contribution in [3.63, 3.8) is 0 Å². The third-order valence-electron chi connectivity index (χ3n) is 3.65. The molecule has 4 heteroatoms. The van der Waals surface area contributed by atoms with Crippen molar-refractivity contribution in [1.29, 1.82) is 0 Å². The number of amides is 1. The molecule has 0 spiro atoms. The quantitative estimate of drug-likeness (QED) is 0.913. The molecule has 0 unspecified atom stereocenters. The van der Waals surface area contributed by atoms with Crippen LogP contribution in [0, 0.1) is 0 Å². The Labute approximate surface area is 126 Å². The lowest BCUT2D eigenvalue weighted by Gasteiger charge is -2.23. The first-order valence-corrected chi connectivity index (χ1v) is 7.61. The number of benzene rings is 2. The van der Waals surface area contributed by atoms with E-state index in [4.69, 9.17) is 4.74 Å². The number of ether oxygens (including phenoxy) is 1. The highest BCUT2D eigenvalue weighted by Crippen LogP contribution is 2.27. The first kappa shape index (κ1) is 13.6. The summed E-state index contributed by atoms with van der Waals surface area (Å²) in [6, 6.07) is 12.0. The van der Waals surface area contributed by atoms with Crippen LogP contribution in [0.5, 0.6) is 0 Å². The smallest absolute Gasteiger partial charge is 0.252 e. The van der Waals surface area contributed by atoms with E-state index in [1.165, 1.54) is 0 Å². The maximum atomic E-state index is 12.5. The maximum absolute atomic E-state index is 12.5. The van der Waals surface area contributed by atoms with Crippen LogP contribution in [0.4, 0.5) is 0 Å². The number of hydrogen-bond donors (Lipinski definition) is 1. The zero-order chi connectivity index (χ0) is 13.9. The molecule has 1 heterocycles. The van der Waals surface area contributed by atoms with Crippen molar-refractivity contribution in [1.82, 2.24) is 5.32 Å². The lowest BCUT2D eigenvalue weighted by Crippen LogP contribution is -2.38. The van der Waals surface area contributed by atoms with Crippen LogP contribution in [-0.2, 0) is 4.74 Å². The van der Waals surface area contributed by atoms with Crippen LogP contribution >= 0.6 is 15.9 Å². The van der Waals surface area contributed by atoms with Gasteiger partial charge in [0.05, 0.1) is 0 Å². The van der Waals surface area contributed by atoms with Gasteiger partial charge in [-0.3, -0.25) is 4.79 Å². The van der Waals surface area contributed by atoms with Gasteiger partial charge in [-0.15, -0.1) is 0 Å². The summed E-state index contributed by atoms with van der Waals surface area (Å²) >= 11 is 3.54. The Hall–Kier alpha value is -1.39. The monoisotopic (exact) mass is 333 g/mol. The minimum Gasteiger partial charge on any atom is -0.381 e. The Morgan fingerprint density at radius 1 is 1.15 bits per heavy atom. The van der Waals surface area contributed by atoms with E-state index < -0.39 is 0 Å². The summed E-state index contributed by atoms with van der Waals surface area (Å²) in [5, 5.41) is 5.16.